The largest absolute Gasteiger partial charge is 0.249 e. The molecule has 0 amide bonds. The van der Waals surface area contributed by atoms with Crippen LogP contribution >= 0.6 is 12.6 Å². The van der Waals surface area contributed by atoms with Crippen LogP contribution in [0.2, 0.25) is 0 Å². The number of hydrogen-bond acceptors (Lipinski definition) is 3. The van der Waals surface area contributed by atoms with Crippen molar-refractivity contribution in [2.24, 2.45) is 5.92 Å². The summed E-state index contributed by atoms with van der Waals surface area (Å²) in [7, 11) is 0. The van der Waals surface area contributed by atoms with Crippen LogP contribution in [0, 0.1) is 5.92 Å². The minimum atomic E-state index is 0.803. The normalized spacial score (nSPS) is 11.2. The number of hydrogen-bond donors (Lipinski definition) is 1. The lowest BCUT2D eigenvalue weighted by molar-refractivity contribution is 0.478. The second-order valence-electron chi connectivity index (χ2n) is 4.31. The smallest absolute Gasteiger partial charge is 0.0725 e. The monoisotopic (exact) mass is 227 g/mol. The Labute approximate surface area is 97.7 Å². The molecule has 3 nitrogen and oxygen atoms in total. The number of thiol groups is 1. The van der Waals surface area contributed by atoms with E-state index in [4.69, 9.17) is 0 Å². The molecule has 0 radical (unpaired) electrons. The van der Waals surface area contributed by atoms with Gasteiger partial charge < -0.3 is 0 Å². The van der Waals surface area contributed by atoms with Crippen LogP contribution in [0.5, 0.6) is 0 Å². The summed E-state index contributed by atoms with van der Waals surface area (Å²) in [6, 6.07) is 0. The van der Waals surface area contributed by atoms with E-state index in [9.17, 15) is 0 Å². The first-order valence-electron chi connectivity index (χ1n) is 5.72. The van der Waals surface area contributed by atoms with Gasteiger partial charge in [-0.3, -0.25) is 0 Å². The first-order chi connectivity index (χ1) is 7.24. The molecule has 0 aliphatic carbocycles. The van der Waals surface area contributed by atoms with Crippen LogP contribution in [0.25, 0.3) is 0 Å². The molecule has 0 aliphatic heterocycles. The van der Waals surface area contributed by atoms with Gasteiger partial charge in [0.2, 0.25) is 0 Å². The molecule has 0 atom stereocenters. The zero-order valence-electron chi connectivity index (χ0n) is 9.69. The van der Waals surface area contributed by atoms with Crippen molar-refractivity contribution in [2.75, 3.05) is 5.75 Å². The van der Waals surface area contributed by atoms with Crippen molar-refractivity contribution in [3.63, 3.8) is 0 Å². The molecule has 1 aromatic rings. The quantitative estimate of drug-likeness (QED) is 0.573. The number of rotatable bonds is 7. The summed E-state index contributed by atoms with van der Waals surface area (Å²) in [6.45, 7) is 5.53. The van der Waals surface area contributed by atoms with Gasteiger partial charge in [-0.05, 0) is 24.5 Å². The summed E-state index contributed by atoms with van der Waals surface area (Å²) in [4.78, 5) is 0. The Morgan fingerprint density at radius 2 is 2.20 bits per heavy atom. The van der Waals surface area contributed by atoms with E-state index in [1.807, 2.05) is 10.9 Å². The molecule has 0 aromatic carbocycles. The minimum absolute atomic E-state index is 0.803. The summed E-state index contributed by atoms with van der Waals surface area (Å²) in [6.07, 6.45) is 6.58. The van der Waals surface area contributed by atoms with Crippen molar-refractivity contribution < 1.29 is 0 Å². The standard InChI is InChI=1S/C11H21N3S/c1-10(2)5-3-4-7-14-11(6-8-15)9-12-13-14/h9-10,15H,3-8H2,1-2H3. The van der Waals surface area contributed by atoms with Crippen LogP contribution in [0.3, 0.4) is 0 Å². The molecule has 86 valence electrons. The van der Waals surface area contributed by atoms with Gasteiger partial charge >= 0.3 is 0 Å². The van der Waals surface area contributed by atoms with E-state index in [1.54, 1.807) is 0 Å². The molecular formula is C11H21N3S. The summed E-state index contributed by atoms with van der Waals surface area (Å²) >= 11 is 4.22. The van der Waals surface area contributed by atoms with Gasteiger partial charge in [-0.2, -0.15) is 12.6 Å². The summed E-state index contributed by atoms with van der Waals surface area (Å²) < 4.78 is 2.01. The van der Waals surface area contributed by atoms with Crippen molar-refractivity contribution in [3.8, 4) is 0 Å². The third kappa shape index (κ3) is 4.69. The lowest BCUT2D eigenvalue weighted by Gasteiger charge is -2.06. The number of aromatic nitrogens is 3. The van der Waals surface area contributed by atoms with Crippen LogP contribution in [0.15, 0.2) is 6.20 Å². The molecular weight excluding hydrogens is 206 g/mol. The van der Waals surface area contributed by atoms with E-state index in [1.165, 1.54) is 25.0 Å². The Balaban J connectivity index is 2.27. The lowest BCUT2D eigenvalue weighted by atomic mass is 10.1. The second kappa shape index (κ2) is 6.88. The summed E-state index contributed by atoms with van der Waals surface area (Å²) in [5.74, 6) is 1.66. The fourth-order valence-corrected chi connectivity index (χ4v) is 1.82. The topological polar surface area (TPSA) is 30.7 Å². The maximum atomic E-state index is 4.22. The average molecular weight is 227 g/mol. The third-order valence-electron chi connectivity index (χ3n) is 2.47. The highest BCUT2D eigenvalue weighted by Gasteiger charge is 2.02. The third-order valence-corrected chi connectivity index (χ3v) is 2.69. The van der Waals surface area contributed by atoms with E-state index >= 15 is 0 Å². The Kier molecular flexibility index (Phi) is 5.76. The van der Waals surface area contributed by atoms with Gasteiger partial charge in [0.25, 0.3) is 0 Å². The number of aryl methyl sites for hydroxylation is 2. The zero-order valence-corrected chi connectivity index (χ0v) is 10.6. The molecule has 0 spiro atoms. The first kappa shape index (κ1) is 12.6. The Morgan fingerprint density at radius 1 is 1.40 bits per heavy atom. The summed E-state index contributed by atoms with van der Waals surface area (Å²) in [5.41, 5.74) is 1.20. The van der Waals surface area contributed by atoms with E-state index in [0.717, 1.165) is 24.6 Å². The van der Waals surface area contributed by atoms with E-state index < -0.39 is 0 Å². The fraction of sp³-hybridized carbons (Fsp3) is 0.818. The van der Waals surface area contributed by atoms with Crippen LogP contribution in [-0.4, -0.2) is 20.7 Å². The van der Waals surface area contributed by atoms with Crippen molar-refractivity contribution in [3.05, 3.63) is 11.9 Å². The van der Waals surface area contributed by atoms with Crippen molar-refractivity contribution in [1.82, 2.24) is 15.0 Å². The van der Waals surface area contributed by atoms with Gasteiger partial charge in [0, 0.05) is 6.54 Å². The molecule has 1 aromatic heterocycles. The Bertz CT molecular complexity index is 271. The minimum Gasteiger partial charge on any atom is -0.249 e. The number of nitrogens with zero attached hydrogens (tertiary/aromatic N) is 3. The van der Waals surface area contributed by atoms with Gasteiger partial charge in [-0.15, -0.1) is 5.10 Å². The van der Waals surface area contributed by atoms with E-state index in [2.05, 4.69) is 36.8 Å². The van der Waals surface area contributed by atoms with E-state index in [-0.39, 0.29) is 0 Å². The molecule has 15 heavy (non-hydrogen) atoms. The Morgan fingerprint density at radius 3 is 2.87 bits per heavy atom. The molecule has 0 saturated carbocycles. The van der Waals surface area contributed by atoms with Gasteiger partial charge in [0.15, 0.2) is 0 Å². The molecule has 0 N–H and O–H groups in total. The highest BCUT2D eigenvalue weighted by molar-refractivity contribution is 7.80. The SMILES string of the molecule is CC(C)CCCCn1nncc1CCS. The first-order valence-corrected chi connectivity index (χ1v) is 6.35. The van der Waals surface area contributed by atoms with Crippen molar-refractivity contribution >= 4 is 12.6 Å². The van der Waals surface area contributed by atoms with Crippen LogP contribution in [0.4, 0.5) is 0 Å². The van der Waals surface area contributed by atoms with Crippen LogP contribution < -0.4 is 0 Å². The van der Waals surface area contributed by atoms with E-state index in [0.29, 0.717) is 0 Å². The Hall–Kier alpha value is -0.510. The molecule has 0 aliphatic rings. The predicted molar refractivity (Wildman–Crippen MR) is 66.3 cm³/mol. The highest BCUT2D eigenvalue weighted by atomic mass is 32.1. The van der Waals surface area contributed by atoms with Crippen LogP contribution in [-0.2, 0) is 13.0 Å². The van der Waals surface area contributed by atoms with Gasteiger partial charge in [-0.1, -0.05) is 31.9 Å². The summed E-state index contributed by atoms with van der Waals surface area (Å²) in [5, 5.41) is 8.02. The van der Waals surface area contributed by atoms with Gasteiger partial charge in [-0.25, -0.2) is 4.68 Å². The molecule has 0 saturated heterocycles. The molecule has 1 rings (SSSR count). The maximum absolute atomic E-state index is 4.22. The maximum Gasteiger partial charge on any atom is 0.0725 e. The lowest BCUT2D eigenvalue weighted by Crippen LogP contribution is -2.06. The fourth-order valence-electron chi connectivity index (χ4n) is 1.59. The molecule has 4 heteroatoms. The molecule has 1 heterocycles. The average Bonchev–Trinajstić information content (AvgIpc) is 2.61. The highest BCUT2D eigenvalue weighted by Crippen LogP contribution is 2.08. The van der Waals surface area contributed by atoms with Crippen molar-refractivity contribution in [2.45, 2.75) is 46.1 Å². The molecule has 0 fully saturated rings. The molecule has 0 unspecified atom stereocenters. The van der Waals surface area contributed by atoms with Gasteiger partial charge in [0.05, 0.1) is 11.9 Å². The zero-order chi connectivity index (χ0) is 11.1. The predicted octanol–water partition coefficient (Wildman–Crippen LogP) is 2.58. The van der Waals surface area contributed by atoms with Gasteiger partial charge in [0.1, 0.15) is 0 Å². The van der Waals surface area contributed by atoms with Crippen LogP contribution in [0.1, 0.15) is 38.8 Å². The second-order valence-corrected chi connectivity index (χ2v) is 4.76. The molecule has 0 bridgehead atoms. The van der Waals surface area contributed by atoms with Crippen molar-refractivity contribution in [1.29, 1.82) is 0 Å². The number of unbranched alkanes of at least 4 members (excludes halogenated alkanes) is 1.